The van der Waals surface area contributed by atoms with Crippen molar-refractivity contribution in [1.82, 2.24) is 19.9 Å². The third-order valence-corrected chi connectivity index (χ3v) is 7.41. The van der Waals surface area contributed by atoms with Gasteiger partial charge in [-0.3, -0.25) is 14.4 Å². The zero-order chi connectivity index (χ0) is 35.0. The van der Waals surface area contributed by atoms with Gasteiger partial charge in [0.15, 0.2) is 11.5 Å². The number of hydrogen-bond donors (Lipinski definition) is 2. The number of nitrogens with zero attached hydrogens (tertiary/aromatic N) is 4. The van der Waals surface area contributed by atoms with E-state index in [4.69, 9.17) is 16.3 Å². The molecule has 2 heterocycles. The molecule has 0 radical (unpaired) electrons. The van der Waals surface area contributed by atoms with E-state index < -0.39 is 47.3 Å². The number of fused-ring (bicyclic) bond motifs is 1. The number of aromatic nitrogens is 3. The second-order valence-electron chi connectivity index (χ2n) is 11.7. The average Bonchev–Trinajstić information content (AvgIpc) is 3.51. The number of ether oxygens (including phenoxy) is 1. The van der Waals surface area contributed by atoms with Gasteiger partial charge in [0, 0.05) is 17.9 Å². The van der Waals surface area contributed by atoms with E-state index >= 15 is 0 Å². The van der Waals surface area contributed by atoms with Crippen LogP contribution in [0.15, 0.2) is 66.9 Å². The fraction of sp³-hybridized carbons (Fsp3) is 0.250. The second-order valence-corrected chi connectivity index (χ2v) is 12.1. The van der Waals surface area contributed by atoms with Gasteiger partial charge in [-0.2, -0.15) is 13.2 Å². The molecule has 250 valence electrons. The third-order valence-electron chi connectivity index (χ3n) is 7.11. The van der Waals surface area contributed by atoms with Crippen LogP contribution in [0.4, 0.5) is 28.9 Å². The van der Waals surface area contributed by atoms with Gasteiger partial charge in [-0.25, -0.2) is 13.9 Å². The Hall–Kier alpha value is -5.31. The molecule has 2 N–H and O–H groups in total. The first-order valence-electron chi connectivity index (χ1n) is 14.4. The summed E-state index contributed by atoms with van der Waals surface area (Å²) in [4.78, 5) is 53.1. The normalized spacial score (nSPS) is 14.6. The highest BCUT2D eigenvalue weighted by Gasteiger charge is 2.41. The molecule has 0 saturated carbocycles. The lowest BCUT2D eigenvalue weighted by Crippen LogP contribution is -2.45. The van der Waals surface area contributed by atoms with Crippen molar-refractivity contribution in [3.05, 3.63) is 100 Å². The van der Waals surface area contributed by atoms with E-state index in [-0.39, 0.29) is 57.4 Å². The first kappa shape index (κ1) is 34.0. The lowest BCUT2D eigenvalue weighted by atomic mass is 9.90. The van der Waals surface area contributed by atoms with E-state index in [1.165, 1.54) is 60.7 Å². The molecule has 0 aliphatic carbocycles. The number of anilines is 2. The SMILES string of the molecule is CC(C)(C)OC(=O)c1ccc(NC(=O)C2c3cccc(NC(=O)C(F)(F)F)c3CCN2C(=O)c2cn(-c3cccc(Cl)c3F)nn2)cc1. The third kappa shape index (κ3) is 7.30. The number of benzene rings is 3. The fourth-order valence-corrected chi connectivity index (χ4v) is 5.18. The van der Waals surface area contributed by atoms with Gasteiger partial charge in [-0.1, -0.05) is 35.0 Å². The molecule has 1 unspecified atom stereocenters. The number of rotatable bonds is 6. The van der Waals surface area contributed by atoms with Crippen LogP contribution >= 0.6 is 11.6 Å². The Bertz CT molecular complexity index is 1910. The van der Waals surface area contributed by atoms with Crippen LogP contribution in [0.25, 0.3) is 5.69 Å². The molecule has 5 rings (SSSR count). The second kappa shape index (κ2) is 13.1. The number of nitrogens with one attached hydrogen (secondary N) is 2. The van der Waals surface area contributed by atoms with Gasteiger partial charge in [0.1, 0.15) is 17.3 Å². The highest BCUT2D eigenvalue weighted by atomic mass is 35.5. The Morgan fingerprint density at radius 1 is 0.958 bits per heavy atom. The van der Waals surface area contributed by atoms with Crippen LogP contribution in [0.1, 0.15) is 58.8 Å². The summed E-state index contributed by atoms with van der Waals surface area (Å²) in [5.74, 6) is -5.15. The lowest BCUT2D eigenvalue weighted by molar-refractivity contribution is -0.167. The van der Waals surface area contributed by atoms with Crippen LogP contribution in [0.2, 0.25) is 5.02 Å². The molecule has 1 aliphatic rings. The van der Waals surface area contributed by atoms with E-state index in [0.29, 0.717) is 0 Å². The molecule has 0 saturated heterocycles. The standard InChI is InChI=1S/C32H27ClF4N6O5/c1-31(2,3)48-29(46)17-10-12-18(13-11-17)38-27(44)26-20-6-4-8-22(39-30(47)32(35,36)37)19(20)14-15-42(26)28(45)23-16-43(41-40-23)24-9-5-7-21(33)25(24)34/h4-13,16,26H,14-15H2,1-3H3,(H,38,44)(H,39,47). The summed E-state index contributed by atoms with van der Waals surface area (Å²) in [5.41, 5.74) is -0.465. The van der Waals surface area contributed by atoms with Gasteiger partial charge in [-0.05, 0) is 80.8 Å². The summed E-state index contributed by atoms with van der Waals surface area (Å²) in [7, 11) is 0. The predicted octanol–water partition coefficient (Wildman–Crippen LogP) is 5.89. The Morgan fingerprint density at radius 2 is 1.65 bits per heavy atom. The number of carbonyl (C=O) groups is 4. The Balaban J connectivity index is 1.48. The van der Waals surface area contributed by atoms with Crippen molar-refractivity contribution in [2.24, 2.45) is 0 Å². The Labute approximate surface area is 275 Å². The summed E-state index contributed by atoms with van der Waals surface area (Å²) >= 11 is 5.87. The highest BCUT2D eigenvalue weighted by Crippen LogP contribution is 2.36. The number of halogens is 5. The van der Waals surface area contributed by atoms with Gasteiger partial charge in [-0.15, -0.1) is 5.10 Å². The summed E-state index contributed by atoms with van der Waals surface area (Å²) in [5, 5.41) is 12.0. The molecular formula is C32H27ClF4N6O5. The molecule has 4 aromatic rings. The lowest BCUT2D eigenvalue weighted by Gasteiger charge is -2.36. The molecule has 16 heteroatoms. The van der Waals surface area contributed by atoms with E-state index in [1.54, 1.807) is 20.8 Å². The molecule has 3 amide bonds. The number of alkyl halides is 3. The molecule has 1 aliphatic heterocycles. The van der Waals surface area contributed by atoms with Crippen molar-refractivity contribution in [2.45, 2.75) is 45.0 Å². The summed E-state index contributed by atoms with van der Waals surface area (Å²) in [6, 6.07) is 12.5. The minimum Gasteiger partial charge on any atom is -0.456 e. The first-order valence-corrected chi connectivity index (χ1v) is 14.7. The summed E-state index contributed by atoms with van der Waals surface area (Å²) < 4.78 is 60.3. The minimum atomic E-state index is -5.17. The maximum absolute atomic E-state index is 14.6. The topological polar surface area (TPSA) is 136 Å². The van der Waals surface area contributed by atoms with E-state index in [0.717, 1.165) is 15.8 Å². The molecule has 1 aromatic heterocycles. The molecule has 3 aromatic carbocycles. The van der Waals surface area contributed by atoms with Gasteiger partial charge in [0.25, 0.3) is 11.8 Å². The van der Waals surface area contributed by atoms with E-state index in [9.17, 15) is 36.7 Å². The van der Waals surface area contributed by atoms with Crippen LogP contribution in [0.5, 0.6) is 0 Å². The van der Waals surface area contributed by atoms with Gasteiger partial charge in [0.05, 0.1) is 16.8 Å². The predicted molar refractivity (Wildman–Crippen MR) is 165 cm³/mol. The van der Waals surface area contributed by atoms with Crippen LogP contribution in [-0.4, -0.2) is 61.9 Å². The maximum atomic E-state index is 14.6. The highest BCUT2D eigenvalue weighted by molar-refractivity contribution is 6.30. The average molecular weight is 687 g/mol. The molecule has 1 atom stereocenters. The number of amides is 3. The van der Waals surface area contributed by atoms with Crippen LogP contribution < -0.4 is 10.6 Å². The van der Waals surface area contributed by atoms with Crippen LogP contribution in [-0.2, 0) is 20.7 Å². The van der Waals surface area contributed by atoms with Crippen LogP contribution in [0, 0.1) is 5.82 Å². The fourth-order valence-electron chi connectivity index (χ4n) is 5.01. The number of hydrogen-bond acceptors (Lipinski definition) is 7. The molecule has 11 nitrogen and oxygen atoms in total. The van der Waals surface area contributed by atoms with E-state index in [2.05, 4.69) is 15.6 Å². The zero-order valence-corrected chi connectivity index (χ0v) is 26.3. The Morgan fingerprint density at radius 3 is 2.31 bits per heavy atom. The van der Waals surface area contributed by atoms with Gasteiger partial charge < -0.3 is 20.3 Å². The number of esters is 1. The quantitative estimate of drug-likeness (QED) is 0.191. The summed E-state index contributed by atoms with van der Waals surface area (Å²) in [6.07, 6.45) is -4.06. The van der Waals surface area contributed by atoms with Crippen molar-refractivity contribution in [3.63, 3.8) is 0 Å². The van der Waals surface area contributed by atoms with Crippen molar-refractivity contribution in [1.29, 1.82) is 0 Å². The molecule has 0 bridgehead atoms. The van der Waals surface area contributed by atoms with Crippen molar-refractivity contribution in [2.75, 3.05) is 17.2 Å². The van der Waals surface area contributed by atoms with Gasteiger partial charge >= 0.3 is 18.1 Å². The molecule has 0 spiro atoms. The van der Waals surface area contributed by atoms with Crippen molar-refractivity contribution < 1.29 is 41.5 Å². The Kier molecular flexibility index (Phi) is 9.26. The van der Waals surface area contributed by atoms with Crippen molar-refractivity contribution >= 4 is 46.7 Å². The summed E-state index contributed by atoms with van der Waals surface area (Å²) in [6.45, 7) is 4.96. The van der Waals surface area contributed by atoms with Crippen LogP contribution in [0.3, 0.4) is 0 Å². The first-order chi connectivity index (χ1) is 22.5. The monoisotopic (exact) mass is 686 g/mol. The number of carbonyl (C=O) groups excluding carboxylic acids is 4. The largest absolute Gasteiger partial charge is 0.471 e. The molecular weight excluding hydrogens is 660 g/mol. The smallest absolute Gasteiger partial charge is 0.456 e. The maximum Gasteiger partial charge on any atom is 0.471 e. The van der Waals surface area contributed by atoms with Crippen molar-refractivity contribution in [3.8, 4) is 5.69 Å². The molecule has 0 fully saturated rings. The zero-order valence-electron chi connectivity index (χ0n) is 25.6. The minimum absolute atomic E-state index is 0.0409. The van der Waals surface area contributed by atoms with E-state index in [1.807, 2.05) is 5.32 Å². The molecule has 48 heavy (non-hydrogen) atoms. The van der Waals surface area contributed by atoms with Gasteiger partial charge in [0.2, 0.25) is 0 Å².